The van der Waals surface area contributed by atoms with Gasteiger partial charge in [-0.15, -0.1) is 0 Å². The normalized spacial score (nSPS) is 15.5. The Morgan fingerprint density at radius 1 is 1.19 bits per heavy atom. The van der Waals surface area contributed by atoms with E-state index in [1.807, 2.05) is 6.07 Å². The number of pyridine rings is 1. The third-order valence-electron chi connectivity index (χ3n) is 5.93. The Bertz CT molecular complexity index is 1120. The van der Waals surface area contributed by atoms with E-state index in [0.29, 0.717) is 34.5 Å². The van der Waals surface area contributed by atoms with Crippen molar-refractivity contribution in [2.45, 2.75) is 38.7 Å². The number of halogens is 3. The van der Waals surface area contributed by atoms with Crippen molar-refractivity contribution >= 4 is 16.9 Å². The van der Waals surface area contributed by atoms with Crippen LogP contribution in [0.15, 0.2) is 24.3 Å². The number of nitrogens with zero attached hydrogens (tertiary/aromatic N) is 4. The topological polar surface area (TPSA) is 63.2 Å². The number of aryl methyl sites for hydroxylation is 1. The number of anilines is 1. The Balaban J connectivity index is 1.70. The van der Waals surface area contributed by atoms with E-state index in [2.05, 4.69) is 32.2 Å². The number of likely N-dealkylation sites (tertiary alicyclic amines) is 1. The predicted octanol–water partition coefficient (Wildman–Crippen LogP) is 4.84. The summed E-state index contributed by atoms with van der Waals surface area (Å²) in [5.41, 5.74) is 0.998. The second kappa shape index (κ2) is 9.28. The van der Waals surface area contributed by atoms with Gasteiger partial charge in [0.25, 0.3) is 6.43 Å². The van der Waals surface area contributed by atoms with Crippen LogP contribution in [0.3, 0.4) is 0 Å². The molecule has 6 nitrogen and oxygen atoms in total. The lowest BCUT2D eigenvalue weighted by Crippen LogP contribution is -2.29. The van der Waals surface area contributed by atoms with E-state index in [4.69, 9.17) is 4.74 Å². The zero-order chi connectivity index (χ0) is 22.8. The highest BCUT2D eigenvalue weighted by atomic mass is 19.3. The molecule has 32 heavy (non-hydrogen) atoms. The summed E-state index contributed by atoms with van der Waals surface area (Å²) in [7, 11) is 3.70. The summed E-state index contributed by atoms with van der Waals surface area (Å²) >= 11 is 0. The number of nitrogens with one attached hydrogen (secondary N) is 1. The fourth-order valence-electron chi connectivity index (χ4n) is 4.16. The number of hydrogen-bond acceptors (Lipinski definition) is 6. The van der Waals surface area contributed by atoms with Crippen LogP contribution < -0.4 is 10.1 Å². The standard InChI is InChI=1S/C23H26F3N5O/c1-13-28-21(27-12-15-5-4-6-16(19(15)24)20(25)26)18-11-17(14-7-9-31(2)10-8-14)23(32-3)30-22(18)29-13/h4-6,11,14,20H,7-10,12H2,1-3H3,(H,27,28,29,30). The van der Waals surface area contributed by atoms with Crippen LogP contribution in [0, 0.1) is 12.7 Å². The quantitative estimate of drug-likeness (QED) is 0.586. The van der Waals surface area contributed by atoms with Crippen LogP contribution in [0.1, 0.15) is 47.7 Å². The number of rotatable bonds is 6. The average molecular weight is 445 g/mol. The minimum atomic E-state index is -2.87. The molecule has 0 spiro atoms. The molecule has 0 bridgehead atoms. The second-order valence-corrected chi connectivity index (χ2v) is 8.13. The number of methoxy groups -OCH3 is 1. The molecule has 3 aromatic rings. The van der Waals surface area contributed by atoms with Gasteiger partial charge >= 0.3 is 0 Å². The summed E-state index contributed by atoms with van der Waals surface area (Å²) in [6, 6.07) is 5.99. The molecule has 0 saturated carbocycles. The minimum absolute atomic E-state index is 0.00747. The van der Waals surface area contributed by atoms with Crippen LogP contribution >= 0.6 is 0 Å². The van der Waals surface area contributed by atoms with Crippen LogP contribution in [0.5, 0.6) is 5.88 Å². The highest BCUT2D eigenvalue weighted by molar-refractivity contribution is 5.87. The molecular formula is C23H26F3N5O. The molecule has 1 aliphatic rings. The second-order valence-electron chi connectivity index (χ2n) is 8.13. The molecule has 3 heterocycles. The van der Waals surface area contributed by atoms with Gasteiger partial charge in [-0.1, -0.05) is 18.2 Å². The lowest BCUT2D eigenvalue weighted by atomic mass is 9.89. The highest BCUT2D eigenvalue weighted by Gasteiger charge is 2.24. The molecular weight excluding hydrogens is 419 g/mol. The minimum Gasteiger partial charge on any atom is -0.481 e. The van der Waals surface area contributed by atoms with Crippen LogP contribution in [-0.4, -0.2) is 47.1 Å². The van der Waals surface area contributed by atoms with Gasteiger partial charge in [0.2, 0.25) is 5.88 Å². The summed E-state index contributed by atoms with van der Waals surface area (Å²) in [5.74, 6) is 0.915. The Morgan fingerprint density at radius 2 is 1.94 bits per heavy atom. The summed E-state index contributed by atoms with van der Waals surface area (Å²) in [5, 5.41) is 3.79. The van der Waals surface area contributed by atoms with E-state index in [9.17, 15) is 13.2 Å². The zero-order valence-corrected chi connectivity index (χ0v) is 18.3. The number of aromatic nitrogens is 3. The first-order valence-electron chi connectivity index (χ1n) is 10.6. The van der Waals surface area contributed by atoms with Crippen molar-refractivity contribution in [1.82, 2.24) is 19.9 Å². The molecule has 9 heteroatoms. The van der Waals surface area contributed by atoms with Crippen LogP contribution in [0.2, 0.25) is 0 Å². The Hall–Kier alpha value is -2.94. The first kappa shape index (κ1) is 22.3. The van der Waals surface area contributed by atoms with Gasteiger partial charge in [0, 0.05) is 17.7 Å². The Kier molecular flexibility index (Phi) is 6.45. The van der Waals surface area contributed by atoms with Crippen molar-refractivity contribution in [3.05, 3.63) is 52.6 Å². The monoisotopic (exact) mass is 445 g/mol. The molecule has 0 atom stereocenters. The smallest absolute Gasteiger partial charge is 0.266 e. The molecule has 2 aromatic heterocycles. The first-order valence-corrected chi connectivity index (χ1v) is 10.6. The Morgan fingerprint density at radius 3 is 2.62 bits per heavy atom. The lowest BCUT2D eigenvalue weighted by Gasteiger charge is -2.29. The van der Waals surface area contributed by atoms with Gasteiger partial charge in [-0.25, -0.2) is 23.1 Å². The lowest BCUT2D eigenvalue weighted by molar-refractivity contribution is 0.146. The molecule has 1 saturated heterocycles. The number of fused-ring (bicyclic) bond motifs is 1. The van der Waals surface area contributed by atoms with E-state index in [0.717, 1.165) is 37.6 Å². The Labute approximate surface area is 184 Å². The van der Waals surface area contributed by atoms with Gasteiger partial charge < -0.3 is 15.0 Å². The van der Waals surface area contributed by atoms with Crippen LogP contribution in [-0.2, 0) is 6.54 Å². The first-order chi connectivity index (χ1) is 15.4. The molecule has 0 unspecified atom stereocenters. The molecule has 0 radical (unpaired) electrons. The molecule has 1 aliphatic heterocycles. The maximum atomic E-state index is 14.5. The molecule has 170 valence electrons. The van der Waals surface area contributed by atoms with Crippen molar-refractivity contribution in [1.29, 1.82) is 0 Å². The summed E-state index contributed by atoms with van der Waals surface area (Å²) in [4.78, 5) is 15.8. The average Bonchev–Trinajstić information content (AvgIpc) is 2.77. The maximum absolute atomic E-state index is 14.5. The van der Waals surface area contributed by atoms with Gasteiger partial charge in [-0.3, -0.25) is 0 Å². The predicted molar refractivity (Wildman–Crippen MR) is 117 cm³/mol. The van der Waals surface area contributed by atoms with E-state index in [1.54, 1.807) is 14.0 Å². The zero-order valence-electron chi connectivity index (χ0n) is 18.3. The van der Waals surface area contributed by atoms with Gasteiger partial charge in [0.05, 0.1) is 18.1 Å². The number of piperidine rings is 1. The third-order valence-corrected chi connectivity index (χ3v) is 5.93. The number of benzene rings is 1. The van der Waals surface area contributed by atoms with Crippen molar-refractivity contribution in [2.75, 3.05) is 32.6 Å². The van der Waals surface area contributed by atoms with Gasteiger partial charge in [0.1, 0.15) is 17.5 Å². The van der Waals surface area contributed by atoms with Crippen molar-refractivity contribution < 1.29 is 17.9 Å². The molecule has 4 rings (SSSR count). The van der Waals surface area contributed by atoms with Crippen molar-refractivity contribution in [3.8, 4) is 5.88 Å². The van der Waals surface area contributed by atoms with Gasteiger partial charge in [-0.2, -0.15) is 4.98 Å². The van der Waals surface area contributed by atoms with Gasteiger partial charge in [0.15, 0.2) is 5.65 Å². The SMILES string of the molecule is COc1nc2nc(C)nc(NCc3cccc(C(F)F)c3F)c2cc1C1CCN(C)CC1. The van der Waals surface area contributed by atoms with E-state index >= 15 is 0 Å². The van der Waals surface area contributed by atoms with Gasteiger partial charge in [-0.05, 0) is 51.9 Å². The number of hydrogen-bond donors (Lipinski definition) is 1. The molecule has 0 amide bonds. The fourth-order valence-corrected chi connectivity index (χ4v) is 4.16. The van der Waals surface area contributed by atoms with Crippen molar-refractivity contribution in [2.24, 2.45) is 0 Å². The van der Waals surface area contributed by atoms with E-state index in [1.165, 1.54) is 12.1 Å². The molecule has 1 fully saturated rings. The summed E-state index contributed by atoms with van der Waals surface area (Å²) in [6.07, 6.45) is -0.895. The summed E-state index contributed by atoms with van der Waals surface area (Å²) < 4.78 is 46.1. The molecule has 0 aliphatic carbocycles. The van der Waals surface area contributed by atoms with Crippen molar-refractivity contribution in [3.63, 3.8) is 0 Å². The van der Waals surface area contributed by atoms with Crippen LogP contribution in [0.25, 0.3) is 11.0 Å². The number of ether oxygens (including phenoxy) is 1. The fraction of sp³-hybridized carbons (Fsp3) is 0.435. The maximum Gasteiger partial charge on any atom is 0.266 e. The van der Waals surface area contributed by atoms with E-state index < -0.39 is 17.8 Å². The molecule has 1 aromatic carbocycles. The number of alkyl halides is 2. The third kappa shape index (κ3) is 4.48. The highest BCUT2D eigenvalue weighted by Crippen LogP contribution is 2.36. The summed E-state index contributed by atoms with van der Waals surface area (Å²) in [6.45, 7) is 3.72. The van der Waals surface area contributed by atoms with Crippen LogP contribution in [0.4, 0.5) is 19.0 Å². The van der Waals surface area contributed by atoms with E-state index in [-0.39, 0.29) is 12.1 Å². The largest absolute Gasteiger partial charge is 0.481 e. The molecule has 1 N–H and O–H groups in total.